The lowest BCUT2D eigenvalue weighted by molar-refractivity contribution is -0.137. The number of hydrogen-bond acceptors (Lipinski definition) is 2. The first-order chi connectivity index (χ1) is 8.77. The molecule has 106 valence electrons. The first-order valence-corrected chi connectivity index (χ1v) is 6.68. The lowest BCUT2D eigenvalue weighted by Crippen LogP contribution is -2.19. The molecule has 0 saturated heterocycles. The quantitative estimate of drug-likeness (QED) is 0.846. The Labute approximate surface area is 115 Å². The molecule has 3 heteroatoms. The van der Waals surface area contributed by atoms with Crippen LogP contribution in [-0.4, -0.2) is 18.2 Å². The molecule has 3 nitrogen and oxygen atoms in total. The molecule has 0 aliphatic heterocycles. The van der Waals surface area contributed by atoms with Gasteiger partial charge in [-0.1, -0.05) is 39.8 Å². The summed E-state index contributed by atoms with van der Waals surface area (Å²) in [4.78, 5) is 10.7. The first kappa shape index (κ1) is 15.5. The maximum absolute atomic E-state index is 10.7. The van der Waals surface area contributed by atoms with E-state index in [4.69, 9.17) is 9.84 Å². The molecule has 1 aromatic carbocycles. The number of ether oxygens (including phenoxy) is 1. The van der Waals surface area contributed by atoms with Crippen molar-refractivity contribution in [2.24, 2.45) is 0 Å². The zero-order valence-electron chi connectivity index (χ0n) is 12.5. The average molecular weight is 264 g/mol. The minimum atomic E-state index is -0.745. The number of rotatable bonds is 6. The zero-order chi connectivity index (χ0) is 14.6. The van der Waals surface area contributed by atoms with Crippen LogP contribution in [0.4, 0.5) is 0 Å². The molecule has 0 radical (unpaired) electrons. The Morgan fingerprint density at radius 1 is 1.37 bits per heavy atom. The van der Waals surface area contributed by atoms with E-state index in [0.717, 1.165) is 5.75 Å². The molecule has 0 bridgehead atoms. The second-order valence-corrected chi connectivity index (χ2v) is 5.89. The van der Waals surface area contributed by atoms with E-state index in [-0.39, 0.29) is 11.8 Å². The summed E-state index contributed by atoms with van der Waals surface area (Å²) < 4.78 is 5.38. The van der Waals surface area contributed by atoms with Crippen LogP contribution in [0, 0.1) is 0 Å². The van der Waals surface area contributed by atoms with E-state index in [9.17, 15) is 4.79 Å². The van der Waals surface area contributed by atoms with Gasteiger partial charge < -0.3 is 9.84 Å². The molecule has 1 N–H and O–H groups in total. The molecule has 0 amide bonds. The Hall–Kier alpha value is -1.51. The second-order valence-electron chi connectivity index (χ2n) is 5.89. The van der Waals surface area contributed by atoms with Gasteiger partial charge in [-0.3, -0.25) is 4.79 Å². The van der Waals surface area contributed by atoms with E-state index in [0.29, 0.717) is 12.3 Å². The van der Waals surface area contributed by atoms with Crippen molar-refractivity contribution in [2.75, 3.05) is 7.11 Å². The van der Waals surface area contributed by atoms with Crippen molar-refractivity contribution >= 4 is 5.97 Å². The van der Waals surface area contributed by atoms with Crippen LogP contribution < -0.4 is 4.74 Å². The Morgan fingerprint density at radius 3 is 2.47 bits per heavy atom. The number of methoxy groups -OCH3 is 1. The van der Waals surface area contributed by atoms with Gasteiger partial charge in [-0.05, 0) is 34.9 Å². The van der Waals surface area contributed by atoms with Crippen molar-refractivity contribution in [3.63, 3.8) is 0 Å². The van der Waals surface area contributed by atoms with Crippen LogP contribution in [0.1, 0.15) is 57.6 Å². The smallest absolute Gasteiger partial charge is 0.303 e. The molecule has 1 rings (SSSR count). The topological polar surface area (TPSA) is 46.5 Å². The largest absolute Gasteiger partial charge is 0.496 e. The van der Waals surface area contributed by atoms with E-state index in [1.165, 1.54) is 11.1 Å². The standard InChI is InChI=1S/C16H24O3/c1-11(2)13-10-12(6-7-14(13)19-5)16(3,4)9-8-15(17)18/h6-7,10-11H,8-9H2,1-5H3,(H,17,18). The summed E-state index contributed by atoms with van der Waals surface area (Å²) in [6.07, 6.45) is 0.822. The van der Waals surface area contributed by atoms with Crippen LogP contribution >= 0.6 is 0 Å². The van der Waals surface area contributed by atoms with Gasteiger partial charge in [-0.25, -0.2) is 0 Å². The SMILES string of the molecule is COc1ccc(C(C)(C)CCC(=O)O)cc1C(C)C. The minimum Gasteiger partial charge on any atom is -0.496 e. The van der Waals surface area contributed by atoms with Crippen molar-refractivity contribution in [1.82, 2.24) is 0 Å². The molecule has 0 spiro atoms. The molecule has 0 saturated carbocycles. The highest BCUT2D eigenvalue weighted by Crippen LogP contribution is 2.34. The van der Waals surface area contributed by atoms with Gasteiger partial charge in [0.2, 0.25) is 0 Å². The third-order valence-electron chi connectivity index (χ3n) is 3.60. The molecule has 0 fully saturated rings. The van der Waals surface area contributed by atoms with Gasteiger partial charge in [-0.15, -0.1) is 0 Å². The predicted molar refractivity (Wildman–Crippen MR) is 77.0 cm³/mol. The van der Waals surface area contributed by atoms with Crippen molar-refractivity contribution in [1.29, 1.82) is 0 Å². The molecule has 0 heterocycles. The summed E-state index contributed by atoms with van der Waals surface area (Å²) in [6, 6.07) is 6.16. The molecule has 0 atom stereocenters. The molecule has 0 unspecified atom stereocenters. The Morgan fingerprint density at radius 2 is 2.00 bits per heavy atom. The normalized spacial score (nSPS) is 11.7. The number of carbonyl (C=O) groups is 1. The summed E-state index contributed by atoms with van der Waals surface area (Å²) in [6.45, 7) is 8.43. The average Bonchev–Trinajstić information content (AvgIpc) is 2.35. The van der Waals surface area contributed by atoms with Crippen molar-refractivity contribution in [3.05, 3.63) is 29.3 Å². The van der Waals surface area contributed by atoms with Crippen LogP contribution in [0.15, 0.2) is 18.2 Å². The summed E-state index contributed by atoms with van der Waals surface area (Å²) in [5, 5.41) is 8.83. The van der Waals surface area contributed by atoms with Crippen molar-refractivity contribution in [3.8, 4) is 5.75 Å². The third-order valence-corrected chi connectivity index (χ3v) is 3.60. The van der Waals surface area contributed by atoms with Gasteiger partial charge in [0, 0.05) is 6.42 Å². The van der Waals surface area contributed by atoms with Crippen LogP contribution in [-0.2, 0) is 10.2 Å². The molecular weight excluding hydrogens is 240 g/mol. The third kappa shape index (κ3) is 3.98. The van der Waals surface area contributed by atoms with Crippen molar-refractivity contribution < 1.29 is 14.6 Å². The summed E-state index contributed by atoms with van der Waals surface area (Å²) in [5.41, 5.74) is 2.19. The maximum Gasteiger partial charge on any atom is 0.303 e. The molecule has 0 aliphatic rings. The maximum atomic E-state index is 10.7. The number of carboxylic acid groups (broad SMARTS) is 1. The highest BCUT2D eigenvalue weighted by atomic mass is 16.5. The fourth-order valence-corrected chi connectivity index (χ4v) is 2.17. The van der Waals surface area contributed by atoms with Gasteiger partial charge in [0.25, 0.3) is 0 Å². The summed E-state index contributed by atoms with van der Waals surface area (Å²) >= 11 is 0. The molecular formula is C16H24O3. The fraction of sp³-hybridized carbons (Fsp3) is 0.562. The van der Waals surface area contributed by atoms with Crippen LogP contribution in [0.2, 0.25) is 0 Å². The molecule has 0 aliphatic carbocycles. The Balaban J connectivity index is 3.06. The van der Waals surface area contributed by atoms with Crippen LogP contribution in [0.3, 0.4) is 0 Å². The number of carboxylic acids is 1. The Kier molecular flexibility index (Phi) is 4.98. The lowest BCUT2D eigenvalue weighted by atomic mass is 9.79. The van der Waals surface area contributed by atoms with Gasteiger partial charge in [-0.2, -0.15) is 0 Å². The van der Waals surface area contributed by atoms with Crippen LogP contribution in [0.5, 0.6) is 5.75 Å². The van der Waals surface area contributed by atoms with Crippen molar-refractivity contribution in [2.45, 2.75) is 51.9 Å². The Bertz CT molecular complexity index is 447. The fourth-order valence-electron chi connectivity index (χ4n) is 2.17. The minimum absolute atomic E-state index is 0.145. The lowest BCUT2D eigenvalue weighted by Gasteiger charge is -2.26. The highest BCUT2D eigenvalue weighted by molar-refractivity contribution is 5.66. The first-order valence-electron chi connectivity index (χ1n) is 6.68. The second kappa shape index (κ2) is 6.09. The molecule has 19 heavy (non-hydrogen) atoms. The predicted octanol–water partition coefficient (Wildman–Crippen LogP) is 3.96. The van der Waals surface area contributed by atoms with Crippen LogP contribution in [0.25, 0.3) is 0 Å². The van der Waals surface area contributed by atoms with Gasteiger partial charge in [0.1, 0.15) is 5.75 Å². The number of hydrogen-bond donors (Lipinski definition) is 1. The van der Waals surface area contributed by atoms with E-state index in [2.05, 4.69) is 33.8 Å². The number of aliphatic carboxylic acids is 1. The monoisotopic (exact) mass is 264 g/mol. The molecule has 0 aromatic heterocycles. The van der Waals surface area contributed by atoms with E-state index in [1.807, 2.05) is 12.1 Å². The summed E-state index contributed by atoms with van der Waals surface area (Å²) in [7, 11) is 1.68. The highest BCUT2D eigenvalue weighted by Gasteiger charge is 2.23. The number of benzene rings is 1. The summed E-state index contributed by atoms with van der Waals surface area (Å²) in [5.74, 6) is 0.531. The zero-order valence-corrected chi connectivity index (χ0v) is 12.5. The molecule has 1 aromatic rings. The van der Waals surface area contributed by atoms with E-state index < -0.39 is 5.97 Å². The van der Waals surface area contributed by atoms with E-state index in [1.54, 1.807) is 7.11 Å². The van der Waals surface area contributed by atoms with Gasteiger partial charge in [0.05, 0.1) is 7.11 Å². The van der Waals surface area contributed by atoms with Gasteiger partial charge >= 0.3 is 5.97 Å². The van der Waals surface area contributed by atoms with Gasteiger partial charge in [0.15, 0.2) is 0 Å². The van der Waals surface area contributed by atoms with E-state index >= 15 is 0 Å².